The maximum absolute atomic E-state index is 12.1. The van der Waals surface area contributed by atoms with E-state index in [1.165, 1.54) is 59.4 Å². The fraction of sp³-hybridized carbons (Fsp3) is 0. The molecule has 32 heavy (non-hydrogen) atoms. The van der Waals surface area contributed by atoms with Gasteiger partial charge in [-0.2, -0.15) is 5.10 Å². The van der Waals surface area contributed by atoms with Crippen molar-refractivity contribution in [2.24, 2.45) is 0 Å². The number of nitro benzene ring substituents is 2. The fourth-order valence-electron chi connectivity index (χ4n) is 3.16. The molecule has 0 fully saturated rings. The molecule has 0 radical (unpaired) electrons. The molecule has 0 amide bonds. The Morgan fingerprint density at radius 2 is 1.25 bits per heavy atom. The van der Waals surface area contributed by atoms with Crippen LogP contribution in [0.25, 0.3) is 28.3 Å². The molecule has 0 aliphatic carbocycles. The summed E-state index contributed by atoms with van der Waals surface area (Å²) in [6, 6.07) is 15.4. The number of non-ortho nitro benzene ring substituents is 2. The van der Waals surface area contributed by atoms with Crippen LogP contribution in [0, 0.1) is 30.3 Å². The highest BCUT2D eigenvalue weighted by Gasteiger charge is 2.31. The van der Waals surface area contributed by atoms with Crippen molar-refractivity contribution in [1.29, 1.82) is 0 Å². The molecular formula is C20H12N6O6. The van der Waals surface area contributed by atoms with E-state index in [0.29, 0.717) is 11.1 Å². The lowest BCUT2D eigenvalue weighted by atomic mass is 10.1. The zero-order valence-electron chi connectivity index (χ0n) is 16.1. The average molecular weight is 432 g/mol. The summed E-state index contributed by atoms with van der Waals surface area (Å²) in [5.74, 6) is 0.289. The van der Waals surface area contributed by atoms with Crippen LogP contribution in [-0.2, 0) is 0 Å². The quantitative estimate of drug-likeness (QED) is 0.321. The third-order valence-electron chi connectivity index (χ3n) is 4.61. The molecule has 158 valence electrons. The molecular weight excluding hydrogens is 420 g/mol. The van der Waals surface area contributed by atoms with Gasteiger partial charge in [-0.15, -0.1) is 0 Å². The molecule has 0 N–H and O–H groups in total. The Bertz CT molecular complexity index is 1330. The Labute approximate surface area is 178 Å². The predicted octanol–water partition coefficient (Wildman–Crippen LogP) is 4.33. The van der Waals surface area contributed by atoms with Crippen molar-refractivity contribution in [2.75, 3.05) is 0 Å². The third kappa shape index (κ3) is 3.63. The van der Waals surface area contributed by atoms with Crippen LogP contribution >= 0.6 is 0 Å². The van der Waals surface area contributed by atoms with Crippen LogP contribution in [0.1, 0.15) is 0 Å². The smallest absolute Gasteiger partial charge is 0.258 e. The van der Waals surface area contributed by atoms with Gasteiger partial charge < -0.3 is 0 Å². The summed E-state index contributed by atoms with van der Waals surface area (Å²) in [5, 5.41) is 38.4. The summed E-state index contributed by atoms with van der Waals surface area (Å²) in [4.78, 5) is 36.5. The van der Waals surface area contributed by atoms with Crippen LogP contribution in [0.15, 0.2) is 72.9 Å². The number of nitrogens with zero attached hydrogens (tertiary/aromatic N) is 6. The minimum Gasteiger partial charge on any atom is -0.258 e. The van der Waals surface area contributed by atoms with E-state index in [0.717, 1.165) is 0 Å². The van der Waals surface area contributed by atoms with E-state index >= 15 is 0 Å². The van der Waals surface area contributed by atoms with Crippen LogP contribution < -0.4 is 0 Å². The SMILES string of the molecule is O=[N+]([O-])c1ccc(-c2nn(-c3ccccn3)c(-c3ccc([N+](=O)[O-])cc3)c2[N+](=O)[O-])cc1. The molecule has 0 saturated carbocycles. The highest BCUT2D eigenvalue weighted by Crippen LogP contribution is 2.40. The van der Waals surface area contributed by atoms with E-state index in [1.807, 2.05) is 0 Å². The molecule has 0 aliphatic rings. The Kier molecular flexibility index (Phi) is 5.09. The zero-order valence-corrected chi connectivity index (χ0v) is 16.1. The van der Waals surface area contributed by atoms with Gasteiger partial charge in [0.05, 0.1) is 14.8 Å². The van der Waals surface area contributed by atoms with Gasteiger partial charge >= 0.3 is 5.69 Å². The Morgan fingerprint density at radius 1 is 0.688 bits per heavy atom. The molecule has 0 saturated heterocycles. The van der Waals surface area contributed by atoms with Crippen LogP contribution in [0.3, 0.4) is 0 Å². The first-order valence-electron chi connectivity index (χ1n) is 9.05. The van der Waals surface area contributed by atoms with Gasteiger partial charge in [0.2, 0.25) is 0 Å². The first kappa shape index (κ1) is 20.3. The van der Waals surface area contributed by atoms with Gasteiger partial charge in [-0.05, 0) is 36.4 Å². The van der Waals surface area contributed by atoms with Gasteiger partial charge in [0.15, 0.2) is 17.2 Å². The van der Waals surface area contributed by atoms with Gasteiger partial charge in [-0.1, -0.05) is 6.07 Å². The molecule has 0 bridgehead atoms. The van der Waals surface area contributed by atoms with Crippen LogP contribution in [-0.4, -0.2) is 29.5 Å². The van der Waals surface area contributed by atoms with Gasteiger partial charge in [-0.25, -0.2) is 9.67 Å². The van der Waals surface area contributed by atoms with Crippen molar-refractivity contribution < 1.29 is 14.8 Å². The molecule has 4 rings (SSSR count). The Hall–Kier alpha value is -5.00. The highest BCUT2D eigenvalue weighted by atomic mass is 16.6. The number of hydrogen-bond acceptors (Lipinski definition) is 8. The van der Waals surface area contributed by atoms with E-state index in [1.54, 1.807) is 18.2 Å². The molecule has 12 nitrogen and oxygen atoms in total. The van der Waals surface area contributed by atoms with E-state index in [2.05, 4.69) is 10.1 Å². The fourth-order valence-corrected chi connectivity index (χ4v) is 3.16. The van der Waals surface area contributed by atoms with Gasteiger partial charge in [0.1, 0.15) is 0 Å². The molecule has 2 aromatic heterocycles. The first-order valence-corrected chi connectivity index (χ1v) is 9.05. The van der Waals surface area contributed by atoms with Crippen molar-refractivity contribution in [2.45, 2.75) is 0 Å². The number of nitro groups is 3. The highest BCUT2D eigenvalue weighted by molar-refractivity contribution is 5.83. The normalized spacial score (nSPS) is 10.6. The van der Waals surface area contributed by atoms with Crippen molar-refractivity contribution in [3.63, 3.8) is 0 Å². The first-order chi connectivity index (χ1) is 15.4. The van der Waals surface area contributed by atoms with Crippen LogP contribution in [0.2, 0.25) is 0 Å². The summed E-state index contributed by atoms with van der Waals surface area (Å²) >= 11 is 0. The minimum absolute atomic E-state index is 0.0242. The monoisotopic (exact) mass is 432 g/mol. The van der Waals surface area contributed by atoms with E-state index in [4.69, 9.17) is 0 Å². The third-order valence-corrected chi connectivity index (χ3v) is 4.61. The number of benzene rings is 2. The van der Waals surface area contributed by atoms with E-state index in [-0.39, 0.29) is 34.3 Å². The molecule has 0 atom stereocenters. The summed E-state index contributed by atoms with van der Waals surface area (Å²) in [7, 11) is 0. The molecule has 0 spiro atoms. The Morgan fingerprint density at radius 3 is 1.72 bits per heavy atom. The molecule has 2 heterocycles. The Balaban J connectivity index is 1.99. The lowest BCUT2D eigenvalue weighted by molar-refractivity contribution is -0.385. The number of pyridine rings is 1. The van der Waals surface area contributed by atoms with Gasteiger partial charge in [-0.3, -0.25) is 30.3 Å². The molecule has 12 heteroatoms. The second kappa shape index (κ2) is 8.02. The molecule has 0 unspecified atom stereocenters. The van der Waals surface area contributed by atoms with E-state index < -0.39 is 14.8 Å². The topological polar surface area (TPSA) is 160 Å². The molecule has 2 aromatic carbocycles. The average Bonchev–Trinajstić information content (AvgIpc) is 3.21. The van der Waals surface area contributed by atoms with Gasteiger partial charge in [0.25, 0.3) is 11.4 Å². The number of aromatic nitrogens is 3. The largest absolute Gasteiger partial charge is 0.323 e. The minimum atomic E-state index is -0.611. The lowest BCUT2D eigenvalue weighted by Crippen LogP contribution is -2.02. The standard InChI is InChI=1S/C20H12N6O6/c27-24(28)15-8-4-13(5-9-15)18-20(26(31)32)19(14-6-10-16(11-7-14)25(29)30)23(22-18)17-3-1-2-12-21-17/h1-12H. The number of hydrogen-bond donors (Lipinski definition) is 0. The van der Waals surface area contributed by atoms with Crippen LogP contribution in [0.5, 0.6) is 0 Å². The summed E-state index contributed by atoms with van der Waals surface area (Å²) in [6.07, 6.45) is 1.49. The van der Waals surface area contributed by atoms with E-state index in [9.17, 15) is 30.3 Å². The lowest BCUT2D eigenvalue weighted by Gasteiger charge is -2.06. The predicted molar refractivity (Wildman–Crippen MR) is 112 cm³/mol. The summed E-state index contributed by atoms with van der Waals surface area (Å²) in [5.41, 5.74) is -0.0555. The maximum atomic E-state index is 12.1. The zero-order chi connectivity index (χ0) is 22.8. The van der Waals surface area contributed by atoms with Crippen molar-refractivity contribution >= 4 is 17.1 Å². The number of rotatable bonds is 6. The molecule has 0 aliphatic heterocycles. The second-order valence-electron chi connectivity index (χ2n) is 6.51. The van der Waals surface area contributed by atoms with Crippen molar-refractivity contribution in [1.82, 2.24) is 14.8 Å². The molecule has 4 aromatic rings. The second-order valence-corrected chi connectivity index (χ2v) is 6.51. The summed E-state index contributed by atoms with van der Waals surface area (Å²) < 4.78 is 1.27. The van der Waals surface area contributed by atoms with Gasteiger partial charge in [0, 0.05) is 41.6 Å². The maximum Gasteiger partial charge on any atom is 0.323 e. The summed E-state index contributed by atoms with van der Waals surface area (Å²) in [6.45, 7) is 0. The van der Waals surface area contributed by atoms with Crippen molar-refractivity contribution in [3.05, 3.63) is 103 Å². The van der Waals surface area contributed by atoms with Crippen molar-refractivity contribution in [3.8, 4) is 28.3 Å². The van der Waals surface area contributed by atoms with Crippen LogP contribution in [0.4, 0.5) is 17.1 Å².